The van der Waals surface area contributed by atoms with E-state index in [4.69, 9.17) is 9.84 Å². The lowest BCUT2D eigenvalue weighted by Crippen LogP contribution is -2.42. The minimum atomic E-state index is -1.11. The highest BCUT2D eigenvalue weighted by molar-refractivity contribution is 5.92. The van der Waals surface area contributed by atoms with Crippen LogP contribution in [0.2, 0.25) is 0 Å². The normalized spacial score (nSPS) is 11.6. The first kappa shape index (κ1) is 16.6. The fourth-order valence-electron chi connectivity index (χ4n) is 1.60. The number of anilines is 1. The minimum Gasteiger partial charge on any atom is -0.491 e. The molecule has 0 bridgehead atoms. The van der Waals surface area contributed by atoms with Gasteiger partial charge in [-0.15, -0.1) is 6.58 Å². The number of urea groups is 1. The molecule has 1 aromatic rings. The fourth-order valence-corrected chi connectivity index (χ4v) is 1.60. The summed E-state index contributed by atoms with van der Waals surface area (Å²) in [6.45, 7) is 7.30. The first-order valence-electron chi connectivity index (χ1n) is 6.60. The lowest BCUT2D eigenvalue weighted by molar-refractivity contribution is -0.139. The highest BCUT2D eigenvalue weighted by Gasteiger charge is 2.18. The average Bonchev–Trinajstić information content (AvgIpc) is 2.40. The Morgan fingerprint density at radius 3 is 2.43 bits per heavy atom. The summed E-state index contributed by atoms with van der Waals surface area (Å²) in [5.41, 5.74) is 0.548. The fraction of sp³-hybridized carbons (Fsp3) is 0.333. The van der Waals surface area contributed by atoms with Gasteiger partial charge in [0.15, 0.2) is 0 Å². The second-order valence-corrected chi connectivity index (χ2v) is 4.70. The van der Waals surface area contributed by atoms with Crippen LogP contribution in [0.15, 0.2) is 36.9 Å². The molecule has 0 heterocycles. The van der Waals surface area contributed by atoms with E-state index in [1.54, 1.807) is 24.3 Å². The zero-order chi connectivity index (χ0) is 15.8. The predicted octanol–water partition coefficient (Wildman–Crippen LogP) is 2.62. The van der Waals surface area contributed by atoms with Crippen LogP contribution in [0.1, 0.15) is 20.3 Å². The van der Waals surface area contributed by atoms with Gasteiger partial charge in [0.05, 0.1) is 6.10 Å². The van der Waals surface area contributed by atoms with Crippen molar-refractivity contribution in [2.75, 3.05) is 5.32 Å². The first-order valence-corrected chi connectivity index (χ1v) is 6.60. The molecule has 0 aromatic heterocycles. The Hall–Kier alpha value is -2.50. The van der Waals surface area contributed by atoms with Crippen LogP contribution in [0.25, 0.3) is 0 Å². The molecular formula is C15H20N2O4. The molecule has 0 fully saturated rings. The Morgan fingerprint density at radius 2 is 1.95 bits per heavy atom. The van der Waals surface area contributed by atoms with Crippen molar-refractivity contribution in [3.8, 4) is 5.75 Å². The van der Waals surface area contributed by atoms with E-state index in [1.165, 1.54) is 6.08 Å². The summed E-state index contributed by atoms with van der Waals surface area (Å²) < 4.78 is 5.48. The molecule has 114 valence electrons. The van der Waals surface area contributed by atoms with E-state index >= 15 is 0 Å². The van der Waals surface area contributed by atoms with E-state index in [9.17, 15) is 9.59 Å². The number of rotatable bonds is 7. The van der Waals surface area contributed by atoms with Gasteiger partial charge >= 0.3 is 12.0 Å². The molecule has 0 saturated heterocycles. The Balaban J connectivity index is 2.57. The molecule has 2 amide bonds. The van der Waals surface area contributed by atoms with Crippen molar-refractivity contribution in [2.24, 2.45) is 0 Å². The summed E-state index contributed by atoms with van der Waals surface area (Å²) in [6, 6.07) is 5.25. The standard InChI is InChI=1S/C15H20N2O4/c1-4-5-13(14(18)19)17-15(20)16-11-6-8-12(9-7-11)21-10(2)3/h4,6-10,13H,1,5H2,2-3H3,(H,18,19)(H2,16,17,20). The van der Waals surface area contributed by atoms with E-state index in [0.29, 0.717) is 11.4 Å². The van der Waals surface area contributed by atoms with E-state index in [0.717, 1.165) is 0 Å². The van der Waals surface area contributed by atoms with Gasteiger partial charge in [0.1, 0.15) is 11.8 Å². The first-order chi connectivity index (χ1) is 9.92. The Morgan fingerprint density at radius 1 is 1.33 bits per heavy atom. The smallest absolute Gasteiger partial charge is 0.326 e. The summed E-state index contributed by atoms with van der Waals surface area (Å²) >= 11 is 0. The summed E-state index contributed by atoms with van der Waals surface area (Å²) in [7, 11) is 0. The van der Waals surface area contributed by atoms with Crippen molar-refractivity contribution in [2.45, 2.75) is 32.4 Å². The number of carboxylic acids is 1. The molecule has 0 saturated carbocycles. The number of carboxylic acid groups (broad SMARTS) is 1. The monoisotopic (exact) mass is 292 g/mol. The van der Waals surface area contributed by atoms with Gasteiger partial charge in [-0.3, -0.25) is 0 Å². The molecular weight excluding hydrogens is 272 g/mol. The number of ether oxygens (including phenoxy) is 1. The Labute approximate surface area is 123 Å². The second kappa shape index (κ2) is 7.94. The molecule has 0 spiro atoms. The molecule has 1 atom stereocenters. The van der Waals surface area contributed by atoms with E-state index < -0.39 is 18.0 Å². The van der Waals surface area contributed by atoms with Gasteiger partial charge in [-0.2, -0.15) is 0 Å². The van der Waals surface area contributed by atoms with Crippen LogP contribution in [0.5, 0.6) is 5.75 Å². The number of amides is 2. The maximum atomic E-state index is 11.7. The van der Waals surface area contributed by atoms with Crippen molar-refractivity contribution in [1.82, 2.24) is 5.32 Å². The van der Waals surface area contributed by atoms with Crippen LogP contribution in [-0.4, -0.2) is 29.3 Å². The molecule has 1 aromatic carbocycles. The summed E-state index contributed by atoms with van der Waals surface area (Å²) in [4.78, 5) is 22.6. The van der Waals surface area contributed by atoms with Crippen molar-refractivity contribution >= 4 is 17.7 Å². The maximum Gasteiger partial charge on any atom is 0.326 e. The third-order valence-corrected chi connectivity index (χ3v) is 2.49. The molecule has 21 heavy (non-hydrogen) atoms. The van der Waals surface area contributed by atoms with E-state index in [1.807, 2.05) is 13.8 Å². The van der Waals surface area contributed by atoms with Crippen LogP contribution >= 0.6 is 0 Å². The lowest BCUT2D eigenvalue weighted by atomic mass is 10.2. The van der Waals surface area contributed by atoms with Gasteiger partial charge in [0.2, 0.25) is 0 Å². The van der Waals surface area contributed by atoms with Crippen LogP contribution in [0, 0.1) is 0 Å². The summed E-state index contributed by atoms with van der Waals surface area (Å²) in [5.74, 6) is -0.406. The van der Waals surface area contributed by atoms with Crippen LogP contribution < -0.4 is 15.4 Å². The van der Waals surface area contributed by atoms with Crippen LogP contribution in [0.3, 0.4) is 0 Å². The Kier molecular flexibility index (Phi) is 6.26. The Bertz CT molecular complexity index is 497. The molecule has 0 aliphatic heterocycles. The molecule has 1 rings (SSSR count). The largest absolute Gasteiger partial charge is 0.491 e. The third-order valence-electron chi connectivity index (χ3n) is 2.49. The zero-order valence-electron chi connectivity index (χ0n) is 12.1. The summed E-state index contributed by atoms with van der Waals surface area (Å²) in [6.07, 6.45) is 1.67. The van der Waals surface area contributed by atoms with E-state index in [-0.39, 0.29) is 12.5 Å². The van der Waals surface area contributed by atoms with Gasteiger partial charge in [-0.1, -0.05) is 6.08 Å². The second-order valence-electron chi connectivity index (χ2n) is 4.70. The predicted molar refractivity (Wildman–Crippen MR) is 80.6 cm³/mol. The number of nitrogens with one attached hydrogen (secondary N) is 2. The number of hydrogen-bond acceptors (Lipinski definition) is 3. The van der Waals surface area contributed by atoms with Gasteiger partial charge < -0.3 is 20.5 Å². The van der Waals surface area contributed by atoms with Crippen LogP contribution in [0.4, 0.5) is 10.5 Å². The van der Waals surface area contributed by atoms with Gasteiger partial charge in [0.25, 0.3) is 0 Å². The van der Waals surface area contributed by atoms with Crippen molar-refractivity contribution in [1.29, 1.82) is 0 Å². The number of carbonyl (C=O) groups excluding carboxylic acids is 1. The number of aliphatic carboxylic acids is 1. The lowest BCUT2D eigenvalue weighted by Gasteiger charge is -2.14. The van der Waals surface area contributed by atoms with Gasteiger partial charge in [0, 0.05) is 5.69 Å². The van der Waals surface area contributed by atoms with Gasteiger partial charge in [-0.25, -0.2) is 9.59 Å². The van der Waals surface area contributed by atoms with Gasteiger partial charge in [-0.05, 0) is 44.5 Å². The highest BCUT2D eigenvalue weighted by Crippen LogP contribution is 2.16. The number of benzene rings is 1. The molecule has 0 aliphatic rings. The SMILES string of the molecule is C=CCC(NC(=O)Nc1ccc(OC(C)C)cc1)C(=O)O. The molecule has 0 aliphatic carbocycles. The molecule has 6 nitrogen and oxygen atoms in total. The number of hydrogen-bond donors (Lipinski definition) is 3. The summed E-state index contributed by atoms with van der Waals surface area (Å²) in [5, 5.41) is 13.9. The quantitative estimate of drug-likeness (QED) is 0.674. The van der Waals surface area contributed by atoms with Crippen molar-refractivity contribution in [3.63, 3.8) is 0 Å². The number of carbonyl (C=O) groups is 2. The van der Waals surface area contributed by atoms with Crippen molar-refractivity contribution < 1.29 is 19.4 Å². The molecule has 0 radical (unpaired) electrons. The van der Waals surface area contributed by atoms with E-state index in [2.05, 4.69) is 17.2 Å². The molecule has 6 heteroatoms. The van der Waals surface area contributed by atoms with Crippen molar-refractivity contribution in [3.05, 3.63) is 36.9 Å². The minimum absolute atomic E-state index is 0.0716. The molecule has 1 unspecified atom stereocenters. The molecule has 3 N–H and O–H groups in total. The highest BCUT2D eigenvalue weighted by atomic mass is 16.5. The van der Waals surface area contributed by atoms with Crippen LogP contribution in [-0.2, 0) is 4.79 Å². The zero-order valence-corrected chi connectivity index (χ0v) is 12.1. The average molecular weight is 292 g/mol. The third kappa shape index (κ3) is 5.99. The maximum absolute atomic E-state index is 11.7. The topological polar surface area (TPSA) is 87.7 Å².